The molecule has 0 saturated heterocycles. The standard InChI is InChI=1S/C12H16N2O5/c1-18-7-10(11(15)16)14-12(17)13-8-3-5-9(19-2)6-4-8/h3-6,10H,7H2,1-2H3,(H,15,16)(H2,13,14,17). The van der Waals surface area contributed by atoms with E-state index < -0.39 is 18.0 Å². The Kier molecular flexibility index (Phi) is 5.62. The Morgan fingerprint density at radius 2 is 1.89 bits per heavy atom. The molecule has 1 aromatic carbocycles. The normalized spacial score (nSPS) is 11.5. The number of amides is 2. The zero-order chi connectivity index (χ0) is 14.3. The molecule has 1 atom stereocenters. The van der Waals surface area contributed by atoms with Crippen LogP contribution in [0.2, 0.25) is 0 Å². The number of urea groups is 1. The fourth-order valence-electron chi connectivity index (χ4n) is 1.34. The molecule has 0 spiro atoms. The predicted octanol–water partition coefficient (Wildman–Crippen LogP) is 0.916. The van der Waals surface area contributed by atoms with Crippen LogP contribution in [0.25, 0.3) is 0 Å². The van der Waals surface area contributed by atoms with Gasteiger partial charge >= 0.3 is 12.0 Å². The van der Waals surface area contributed by atoms with E-state index in [-0.39, 0.29) is 6.61 Å². The van der Waals surface area contributed by atoms with Crippen molar-refractivity contribution in [2.75, 3.05) is 26.1 Å². The second kappa shape index (κ2) is 7.22. The maximum atomic E-state index is 11.6. The van der Waals surface area contributed by atoms with E-state index in [0.29, 0.717) is 11.4 Å². The number of carbonyl (C=O) groups is 2. The van der Waals surface area contributed by atoms with Gasteiger partial charge in [0.15, 0.2) is 6.04 Å². The summed E-state index contributed by atoms with van der Waals surface area (Å²) in [6.07, 6.45) is 0. The first-order chi connectivity index (χ1) is 9.06. The van der Waals surface area contributed by atoms with Gasteiger partial charge in [0.1, 0.15) is 5.75 Å². The van der Waals surface area contributed by atoms with Crippen LogP contribution in [0.5, 0.6) is 5.75 Å². The Hall–Kier alpha value is -2.28. The largest absolute Gasteiger partial charge is 0.497 e. The molecule has 1 unspecified atom stereocenters. The molecule has 19 heavy (non-hydrogen) atoms. The molecule has 0 saturated carbocycles. The lowest BCUT2D eigenvalue weighted by Gasteiger charge is -2.14. The van der Waals surface area contributed by atoms with Crippen LogP contribution in [0.4, 0.5) is 10.5 Å². The molecule has 0 heterocycles. The van der Waals surface area contributed by atoms with E-state index in [1.54, 1.807) is 24.3 Å². The van der Waals surface area contributed by atoms with Gasteiger partial charge in [0.05, 0.1) is 13.7 Å². The zero-order valence-electron chi connectivity index (χ0n) is 10.7. The summed E-state index contributed by atoms with van der Waals surface area (Å²) in [7, 11) is 2.90. The first-order valence-electron chi connectivity index (χ1n) is 5.50. The molecule has 0 radical (unpaired) electrons. The summed E-state index contributed by atoms with van der Waals surface area (Å²) in [5, 5.41) is 13.6. The van der Waals surface area contributed by atoms with Crippen LogP contribution in [0.1, 0.15) is 0 Å². The number of benzene rings is 1. The SMILES string of the molecule is COCC(NC(=O)Nc1ccc(OC)cc1)C(=O)O. The first-order valence-corrected chi connectivity index (χ1v) is 5.50. The van der Waals surface area contributed by atoms with Crippen molar-refractivity contribution >= 4 is 17.7 Å². The molecule has 7 nitrogen and oxygen atoms in total. The lowest BCUT2D eigenvalue weighted by Crippen LogP contribution is -2.45. The Balaban J connectivity index is 2.55. The van der Waals surface area contributed by atoms with E-state index in [9.17, 15) is 9.59 Å². The summed E-state index contributed by atoms with van der Waals surface area (Å²) in [5.74, 6) is -0.500. The number of hydrogen-bond acceptors (Lipinski definition) is 4. The zero-order valence-corrected chi connectivity index (χ0v) is 10.7. The molecule has 0 aromatic heterocycles. The van der Waals surface area contributed by atoms with E-state index in [0.717, 1.165) is 0 Å². The molecule has 1 aromatic rings. The van der Waals surface area contributed by atoms with Crippen molar-refractivity contribution in [2.45, 2.75) is 6.04 Å². The molecule has 0 aliphatic carbocycles. The van der Waals surface area contributed by atoms with Gasteiger partial charge in [-0.3, -0.25) is 0 Å². The number of carbonyl (C=O) groups excluding carboxylic acids is 1. The highest BCUT2D eigenvalue weighted by molar-refractivity contribution is 5.92. The summed E-state index contributed by atoms with van der Waals surface area (Å²) in [6, 6.07) is 4.94. The van der Waals surface area contributed by atoms with Crippen molar-refractivity contribution in [1.82, 2.24) is 5.32 Å². The third-order valence-electron chi connectivity index (χ3n) is 2.28. The number of hydrogen-bond donors (Lipinski definition) is 3. The lowest BCUT2D eigenvalue weighted by molar-refractivity contribution is -0.140. The molecule has 104 valence electrons. The van der Waals surface area contributed by atoms with E-state index in [2.05, 4.69) is 10.6 Å². The summed E-state index contributed by atoms with van der Waals surface area (Å²) < 4.78 is 9.69. The molecular formula is C12H16N2O5. The van der Waals surface area contributed by atoms with Gasteiger partial charge in [-0.2, -0.15) is 0 Å². The molecule has 2 amide bonds. The molecule has 1 rings (SSSR count). The number of carboxylic acid groups (broad SMARTS) is 1. The third kappa shape index (κ3) is 4.84. The van der Waals surface area contributed by atoms with Gasteiger partial charge in [-0.1, -0.05) is 0 Å². The topological polar surface area (TPSA) is 96.9 Å². The smallest absolute Gasteiger partial charge is 0.328 e. The minimum atomic E-state index is -1.16. The molecule has 7 heteroatoms. The number of carboxylic acids is 1. The van der Waals surface area contributed by atoms with Crippen molar-refractivity contribution < 1.29 is 24.2 Å². The van der Waals surface area contributed by atoms with Crippen LogP contribution in [0, 0.1) is 0 Å². The van der Waals surface area contributed by atoms with Crippen molar-refractivity contribution in [3.63, 3.8) is 0 Å². The van der Waals surface area contributed by atoms with Gasteiger partial charge in [-0.15, -0.1) is 0 Å². The summed E-state index contributed by atoms with van der Waals surface area (Å²) in [6.45, 7) is -0.106. The Labute approximate surface area is 110 Å². The monoisotopic (exact) mass is 268 g/mol. The van der Waals surface area contributed by atoms with Crippen LogP contribution >= 0.6 is 0 Å². The molecular weight excluding hydrogens is 252 g/mol. The van der Waals surface area contributed by atoms with Crippen molar-refractivity contribution in [3.05, 3.63) is 24.3 Å². The molecule has 3 N–H and O–H groups in total. The highest BCUT2D eigenvalue weighted by Gasteiger charge is 2.19. The Bertz CT molecular complexity index is 432. The van der Waals surface area contributed by atoms with Crippen molar-refractivity contribution in [2.24, 2.45) is 0 Å². The van der Waals surface area contributed by atoms with Gasteiger partial charge < -0.3 is 25.2 Å². The summed E-state index contributed by atoms with van der Waals surface area (Å²) in [4.78, 5) is 22.4. The first kappa shape index (κ1) is 14.8. The quantitative estimate of drug-likeness (QED) is 0.712. The number of anilines is 1. The minimum Gasteiger partial charge on any atom is -0.497 e. The van der Waals surface area contributed by atoms with Crippen LogP contribution < -0.4 is 15.4 Å². The van der Waals surface area contributed by atoms with Crippen molar-refractivity contribution in [1.29, 1.82) is 0 Å². The number of ether oxygens (including phenoxy) is 2. The lowest BCUT2D eigenvalue weighted by atomic mass is 10.3. The van der Waals surface area contributed by atoms with E-state index in [1.807, 2.05) is 0 Å². The maximum absolute atomic E-state index is 11.6. The molecule has 0 bridgehead atoms. The van der Waals surface area contributed by atoms with E-state index in [1.165, 1.54) is 14.2 Å². The van der Waals surface area contributed by atoms with Gasteiger partial charge in [0, 0.05) is 12.8 Å². The Morgan fingerprint density at radius 3 is 2.37 bits per heavy atom. The molecule has 0 aliphatic heterocycles. The highest BCUT2D eigenvalue weighted by atomic mass is 16.5. The molecule has 0 fully saturated rings. The summed E-state index contributed by atoms with van der Waals surface area (Å²) >= 11 is 0. The van der Waals surface area contributed by atoms with Gasteiger partial charge in [0.2, 0.25) is 0 Å². The second-order valence-electron chi connectivity index (χ2n) is 3.67. The van der Waals surface area contributed by atoms with Crippen LogP contribution in [0.3, 0.4) is 0 Å². The average molecular weight is 268 g/mol. The van der Waals surface area contributed by atoms with Crippen LogP contribution in [-0.4, -0.2) is 44.0 Å². The van der Waals surface area contributed by atoms with Gasteiger partial charge in [-0.25, -0.2) is 9.59 Å². The van der Waals surface area contributed by atoms with Gasteiger partial charge in [0.25, 0.3) is 0 Å². The van der Waals surface area contributed by atoms with Crippen LogP contribution in [0.15, 0.2) is 24.3 Å². The number of rotatable bonds is 6. The Morgan fingerprint density at radius 1 is 1.26 bits per heavy atom. The number of aliphatic carboxylic acids is 1. The van der Waals surface area contributed by atoms with Crippen molar-refractivity contribution in [3.8, 4) is 5.75 Å². The third-order valence-corrected chi connectivity index (χ3v) is 2.28. The predicted molar refractivity (Wildman–Crippen MR) is 68.4 cm³/mol. The van der Waals surface area contributed by atoms with Crippen LogP contribution in [-0.2, 0) is 9.53 Å². The molecule has 0 aliphatic rings. The van der Waals surface area contributed by atoms with Gasteiger partial charge in [-0.05, 0) is 24.3 Å². The fraction of sp³-hybridized carbons (Fsp3) is 0.333. The van der Waals surface area contributed by atoms with E-state index in [4.69, 9.17) is 14.6 Å². The fourth-order valence-corrected chi connectivity index (χ4v) is 1.34. The number of nitrogens with one attached hydrogen (secondary N) is 2. The van der Waals surface area contributed by atoms with E-state index >= 15 is 0 Å². The number of methoxy groups -OCH3 is 2. The second-order valence-corrected chi connectivity index (χ2v) is 3.67. The highest BCUT2D eigenvalue weighted by Crippen LogP contribution is 2.14. The summed E-state index contributed by atoms with van der Waals surface area (Å²) in [5.41, 5.74) is 0.528. The maximum Gasteiger partial charge on any atom is 0.328 e. The average Bonchev–Trinajstić information content (AvgIpc) is 2.39. The minimum absolute atomic E-state index is 0.106.